The number of pyridine rings is 2. The molecule has 0 spiro atoms. The zero-order valence-corrected chi connectivity index (χ0v) is 19.6. The van der Waals surface area contributed by atoms with Crippen LogP contribution in [0.15, 0.2) is 40.1 Å². The van der Waals surface area contributed by atoms with Gasteiger partial charge in [0.25, 0.3) is 11.4 Å². The number of nitrogens with zero attached hydrogens (tertiary/aromatic N) is 4. The molecule has 10 nitrogen and oxygen atoms in total. The first-order chi connectivity index (χ1) is 16.8. The number of hydrogen-bond acceptors (Lipinski definition) is 8. The topological polar surface area (TPSA) is 115 Å². The Bertz CT molecular complexity index is 1420. The third-order valence-electron chi connectivity index (χ3n) is 4.55. The van der Waals surface area contributed by atoms with Crippen molar-refractivity contribution >= 4 is 17.6 Å². The van der Waals surface area contributed by atoms with E-state index in [1.807, 2.05) is 0 Å². The molecular weight excluding hydrogens is 516 g/mol. The highest BCUT2D eigenvalue weighted by atomic mass is 35.5. The number of aromatic nitrogens is 4. The molecule has 0 bridgehead atoms. The predicted molar refractivity (Wildman–Crippen MR) is 116 cm³/mol. The van der Waals surface area contributed by atoms with Crippen LogP contribution in [-0.4, -0.2) is 37.8 Å². The molecule has 0 saturated carbocycles. The maximum Gasteiger partial charge on any atom is 0.431 e. The third-order valence-corrected chi connectivity index (χ3v) is 4.82. The lowest BCUT2D eigenvalue weighted by molar-refractivity contribution is -0.150. The third kappa shape index (κ3) is 5.48. The Kier molecular flexibility index (Phi) is 7.67. The highest BCUT2D eigenvalue weighted by molar-refractivity contribution is 6.31. The van der Waals surface area contributed by atoms with Gasteiger partial charge in [-0.2, -0.15) is 18.2 Å². The monoisotopic (exact) mass is 532 g/mol. The molecule has 0 fully saturated rings. The lowest BCUT2D eigenvalue weighted by Gasteiger charge is -2.16. The van der Waals surface area contributed by atoms with E-state index >= 15 is 0 Å². The molecule has 0 aliphatic rings. The van der Waals surface area contributed by atoms with Crippen LogP contribution < -0.4 is 20.7 Å². The molecule has 0 aliphatic carbocycles. The van der Waals surface area contributed by atoms with Gasteiger partial charge in [0.1, 0.15) is 10.7 Å². The zero-order valence-electron chi connectivity index (χ0n) is 18.8. The van der Waals surface area contributed by atoms with Gasteiger partial charge in [0, 0.05) is 25.4 Å². The van der Waals surface area contributed by atoms with Crippen molar-refractivity contribution in [3.05, 3.63) is 67.8 Å². The fourth-order valence-electron chi connectivity index (χ4n) is 2.88. The normalized spacial score (nSPS) is 12.2. The van der Waals surface area contributed by atoms with E-state index in [-0.39, 0.29) is 33.4 Å². The molecule has 1 atom stereocenters. The number of esters is 1. The maximum atomic E-state index is 14.7. The Morgan fingerprint density at radius 2 is 1.92 bits per heavy atom. The fourth-order valence-corrected chi connectivity index (χ4v) is 3.06. The highest BCUT2D eigenvalue weighted by Crippen LogP contribution is 2.34. The minimum absolute atomic E-state index is 0.0945. The van der Waals surface area contributed by atoms with Crippen molar-refractivity contribution in [2.24, 2.45) is 7.05 Å². The summed E-state index contributed by atoms with van der Waals surface area (Å²) >= 11 is 6.00. The summed E-state index contributed by atoms with van der Waals surface area (Å²) in [4.78, 5) is 44.4. The van der Waals surface area contributed by atoms with Crippen molar-refractivity contribution in [1.29, 1.82) is 0 Å². The quantitative estimate of drug-likeness (QED) is 0.336. The Labute approximate surface area is 204 Å². The molecular formula is C21H17ClF4N4O6. The van der Waals surface area contributed by atoms with E-state index in [2.05, 4.69) is 9.97 Å². The first-order valence-electron chi connectivity index (χ1n) is 10.1. The predicted octanol–water partition coefficient (Wildman–Crippen LogP) is 3.26. The lowest BCUT2D eigenvalue weighted by atomic mass is 10.3. The minimum Gasteiger partial charge on any atom is -0.463 e. The maximum absolute atomic E-state index is 14.7. The van der Waals surface area contributed by atoms with Crippen LogP contribution in [0.2, 0.25) is 5.02 Å². The van der Waals surface area contributed by atoms with Gasteiger partial charge in [-0.25, -0.2) is 23.5 Å². The summed E-state index contributed by atoms with van der Waals surface area (Å²) in [5.41, 5.74) is -4.53. The van der Waals surface area contributed by atoms with Gasteiger partial charge >= 0.3 is 17.8 Å². The molecule has 0 saturated heterocycles. The van der Waals surface area contributed by atoms with E-state index in [0.29, 0.717) is 6.07 Å². The molecule has 3 rings (SSSR count). The number of ether oxygens (including phenoxy) is 3. The summed E-state index contributed by atoms with van der Waals surface area (Å²) in [5.74, 6) is -3.82. The second-order valence-electron chi connectivity index (χ2n) is 7.04. The molecule has 3 aromatic heterocycles. The van der Waals surface area contributed by atoms with E-state index in [0.717, 1.165) is 7.05 Å². The molecule has 0 aliphatic heterocycles. The van der Waals surface area contributed by atoms with Crippen molar-refractivity contribution in [3.63, 3.8) is 0 Å². The number of carbonyl (C=O) groups excluding carboxylic acids is 1. The summed E-state index contributed by atoms with van der Waals surface area (Å²) in [7, 11) is 0.760. The standard InChI is InChI=1S/C21H17ClF4N4O6/c1-4-34-19(32)10(2)35-18-13(6-5-7-27-18)36-17-11(22)8-12(23)16(28-17)30-15(31)9-14(21(24,25)26)29(3)20(30)33/h5-10H,4H2,1-3H3. The van der Waals surface area contributed by atoms with Crippen LogP contribution >= 0.6 is 11.6 Å². The highest BCUT2D eigenvalue weighted by Gasteiger charge is 2.35. The minimum atomic E-state index is -5.01. The Balaban J connectivity index is 2.06. The van der Waals surface area contributed by atoms with Crippen molar-refractivity contribution < 1.29 is 36.6 Å². The summed E-state index contributed by atoms with van der Waals surface area (Å²) in [6, 6.07) is 3.54. The zero-order chi connectivity index (χ0) is 26.8. The Morgan fingerprint density at radius 3 is 2.56 bits per heavy atom. The number of rotatable bonds is 7. The largest absolute Gasteiger partial charge is 0.463 e. The Morgan fingerprint density at radius 1 is 1.22 bits per heavy atom. The molecule has 3 aromatic rings. The molecule has 3 heterocycles. The van der Waals surface area contributed by atoms with Gasteiger partial charge in [0.2, 0.25) is 5.88 Å². The van der Waals surface area contributed by atoms with Crippen LogP contribution in [0.4, 0.5) is 17.6 Å². The first-order valence-corrected chi connectivity index (χ1v) is 10.5. The second-order valence-corrected chi connectivity index (χ2v) is 7.45. The van der Waals surface area contributed by atoms with Gasteiger partial charge in [-0.05, 0) is 26.0 Å². The van der Waals surface area contributed by atoms with Crippen LogP contribution in [0.3, 0.4) is 0 Å². The molecule has 15 heteroatoms. The van der Waals surface area contributed by atoms with Gasteiger partial charge in [-0.15, -0.1) is 0 Å². The second kappa shape index (κ2) is 10.4. The van der Waals surface area contributed by atoms with E-state index < -0.39 is 57.7 Å². The summed E-state index contributed by atoms with van der Waals surface area (Å²) in [5, 5.41) is -0.415. The van der Waals surface area contributed by atoms with E-state index in [9.17, 15) is 31.9 Å². The van der Waals surface area contributed by atoms with E-state index in [1.54, 1.807) is 6.92 Å². The molecule has 1 unspecified atom stereocenters. The van der Waals surface area contributed by atoms with Crippen LogP contribution in [0, 0.1) is 5.82 Å². The Hall–Kier alpha value is -3.94. The average Bonchev–Trinajstić information content (AvgIpc) is 2.79. The van der Waals surface area contributed by atoms with E-state index in [1.165, 1.54) is 25.3 Å². The van der Waals surface area contributed by atoms with Crippen LogP contribution in [0.25, 0.3) is 5.82 Å². The molecule has 36 heavy (non-hydrogen) atoms. The van der Waals surface area contributed by atoms with Crippen molar-refractivity contribution in [2.75, 3.05) is 6.61 Å². The van der Waals surface area contributed by atoms with Gasteiger partial charge in [-0.1, -0.05) is 11.6 Å². The van der Waals surface area contributed by atoms with Crippen molar-refractivity contribution in [1.82, 2.24) is 19.1 Å². The summed E-state index contributed by atoms with van der Waals surface area (Å²) in [6.45, 7) is 3.11. The molecule has 0 radical (unpaired) electrons. The van der Waals surface area contributed by atoms with Gasteiger partial charge in [-0.3, -0.25) is 9.36 Å². The number of hydrogen-bond donors (Lipinski definition) is 0. The van der Waals surface area contributed by atoms with Gasteiger partial charge < -0.3 is 14.2 Å². The van der Waals surface area contributed by atoms with Gasteiger partial charge in [0.15, 0.2) is 23.5 Å². The SMILES string of the molecule is CCOC(=O)C(C)Oc1ncccc1Oc1nc(-n2c(=O)cc(C(F)(F)F)n(C)c2=O)c(F)cc1Cl. The van der Waals surface area contributed by atoms with Gasteiger partial charge in [0.05, 0.1) is 6.61 Å². The lowest BCUT2D eigenvalue weighted by Crippen LogP contribution is -2.41. The van der Waals surface area contributed by atoms with Crippen LogP contribution in [-0.2, 0) is 22.8 Å². The number of halogens is 5. The molecule has 192 valence electrons. The van der Waals surface area contributed by atoms with E-state index in [4.69, 9.17) is 25.8 Å². The first kappa shape index (κ1) is 26.7. The van der Waals surface area contributed by atoms with Crippen LogP contribution in [0.1, 0.15) is 19.5 Å². The summed E-state index contributed by atoms with van der Waals surface area (Å²) < 4.78 is 70.1. The van der Waals surface area contributed by atoms with Crippen molar-refractivity contribution in [2.45, 2.75) is 26.1 Å². The molecule has 0 N–H and O–H groups in total. The average molecular weight is 533 g/mol. The van der Waals surface area contributed by atoms with Crippen molar-refractivity contribution in [3.8, 4) is 23.3 Å². The summed E-state index contributed by atoms with van der Waals surface area (Å²) in [6.07, 6.45) is -4.79. The number of carbonyl (C=O) groups is 1. The number of alkyl halides is 3. The molecule has 0 aromatic carbocycles. The molecule has 0 amide bonds. The fraction of sp³-hybridized carbons (Fsp3) is 0.286. The van der Waals surface area contributed by atoms with Crippen LogP contribution in [0.5, 0.6) is 17.5 Å². The smallest absolute Gasteiger partial charge is 0.431 e.